The molecular formula is C25H34FN5O3S. The monoisotopic (exact) mass is 503 g/mol. The average Bonchev–Trinajstić information content (AvgIpc) is 3.36. The van der Waals surface area contributed by atoms with Crippen molar-refractivity contribution in [2.75, 3.05) is 32.4 Å². The molecule has 1 aromatic rings. The molecule has 0 aromatic heterocycles. The standard InChI is InChI=1S/C25H34FN5O3S/c1-3-4-7-21-24(33)29(13-12-20-6-5-14-35-20)16-22-30(21)23(32)17-28(2)31(22)25(34)27-15-18-8-10-19(26)11-9-18/h6,8-11,21-22H,3-5,7,12-17H2,1-2H3,(H,27,34)/t21-,22-/m0/s1. The molecule has 1 N–H and O–H groups in total. The molecule has 10 heteroatoms. The number of halogens is 1. The predicted octanol–water partition coefficient (Wildman–Crippen LogP) is 3.16. The Hall–Kier alpha value is -2.59. The number of nitrogens with zero attached hydrogens (tertiary/aromatic N) is 4. The average molecular weight is 504 g/mol. The maximum absolute atomic E-state index is 13.5. The summed E-state index contributed by atoms with van der Waals surface area (Å²) in [4.78, 5) is 44.7. The van der Waals surface area contributed by atoms with Crippen molar-refractivity contribution >= 4 is 29.6 Å². The van der Waals surface area contributed by atoms with Gasteiger partial charge in [-0.05, 0) is 41.9 Å². The highest BCUT2D eigenvalue weighted by Gasteiger charge is 2.50. The minimum absolute atomic E-state index is 0.0251. The number of likely N-dealkylation sites (N-methyl/N-ethyl adjacent to an activating group) is 1. The molecule has 0 saturated carbocycles. The number of urea groups is 1. The van der Waals surface area contributed by atoms with E-state index in [0.29, 0.717) is 13.0 Å². The van der Waals surface area contributed by atoms with Crippen molar-refractivity contribution in [1.82, 2.24) is 25.1 Å². The summed E-state index contributed by atoms with van der Waals surface area (Å²) in [5, 5.41) is 6.09. The summed E-state index contributed by atoms with van der Waals surface area (Å²) in [5.74, 6) is 0.591. The summed E-state index contributed by atoms with van der Waals surface area (Å²) < 4.78 is 13.2. The smallest absolute Gasteiger partial charge is 0.334 e. The summed E-state index contributed by atoms with van der Waals surface area (Å²) in [6.45, 7) is 3.18. The number of hydrogen-bond acceptors (Lipinski definition) is 5. The highest BCUT2D eigenvalue weighted by molar-refractivity contribution is 8.03. The number of hydrazine groups is 1. The number of carbonyl (C=O) groups excluding carboxylic acids is 3. The van der Waals surface area contributed by atoms with Crippen LogP contribution in [-0.4, -0.2) is 82.3 Å². The van der Waals surface area contributed by atoms with Crippen LogP contribution in [0, 0.1) is 5.82 Å². The molecule has 190 valence electrons. The molecule has 8 nitrogen and oxygen atoms in total. The molecule has 2 fully saturated rings. The molecular weight excluding hydrogens is 469 g/mol. The summed E-state index contributed by atoms with van der Waals surface area (Å²) in [5.41, 5.74) is 0.774. The van der Waals surface area contributed by atoms with Gasteiger partial charge in [0.2, 0.25) is 11.8 Å². The van der Waals surface area contributed by atoms with Crippen molar-refractivity contribution in [3.63, 3.8) is 0 Å². The first-order chi connectivity index (χ1) is 16.9. The Kier molecular flexibility index (Phi) is 8.33. The number of amides is 4. The number of allylic oxidation sites excluding steroid dienone is 1. The largest absolute Gasteiger partial charge is 0.337 e. The molecule has 4 amide bonds. The van der Waals surface area contributed by atoms with Crippen molar-refractivity contribution in [3.05, 3.63) is 46.6 Å². The summed E-state index contributed by atoms with van der Waals surface area (Å²) in [6.07, 6.45) is 5.84. The predicted molar refractivity (Wildman–Crippen MR) is 133 cm³/mol. The Labute approximate surface area is 210 Å². The Morgan fingerprint density at radius 3 is 2.69 bits per heavy atom. The second-order valence-electron chi connectivity index (χ2n) is 9.23. The molecule has 0 unspecified atom stereocenters. The lowest BCUT2D eigenvalue weighted by Crippen LogP contribution is -2.75. The SMILES string of the molecule is CCCC[C@H]1C(=O)N(CCC2=CCCS2)C[C@H]2N1C(=O)CN(C)N2C(=O)NCc1ccc(F)cc1. The first-order valence-corrected chi connectivity index (χ1v) is 13.3. The van der Waals surface area contributed by atoms with Gasteiger partial charge in [-0.15, -0.1) is 11.8 Å². The lowest BCUT2D eigenvalue weighted by molar-refractivity contribution is -0.187. The fourth-order valence-electron chi connectivity index (χ4n) is 4.93. The Balaban J connectivity index is 1.53. The van der Waals surface area contributed by atoms with Gasteiger partial charge in [-0.25, -0.2) is 19.2 Å². The number of carbonyl (C=O) groups is 3. The minimum Gasteiger partial charge on any atom is -0.337 e. The van der Waals surface area contributed by atoms with E-state index in [0.717, 1.165) is 37.0 Å². The fraction of sp³-hybridized carbons (Fsp3) is 0.560. The topological polar surface area (TPSA) is 76.2 Å². The van der Waals surface area contributed by atoms with Gasteiger partial charge >= 0.3 is 6.03 Å². The van der Waals surface area contributed by atoms with Crippen LogP contribution >= 0.6 is 11.8 Å². The Morgan fingerprint density at radius 2 is 2.00 bits per heavy atom. The third kappa shape index (κ3) is 5.81. The van der Waals surface area contributed by atoms with Gasteiger partial charge in [-0.3, -0.25) is 9.59 Å². The maximum atomic E-state index is 13.5. The van der Waals surface area contributed by atoms with Crippen molar-refractivity contribution in [2.45, 2.75) is 57.8 Å². The van der Waals surface area contributed by atoms with Crippen LogP contribution in [0.15, 0.2) is 35.2 Å². The number of fused-ring (bicyclic) bond motifs is 1. The highest BCUT2D eigenvalue weighted by Crippen LogP contribution is 2.31. The quantitative estimate of drug-likeness (QED) is 0.590. The van der Waals surface area contributed by atoms with E-state index in [9.17, 15) is 18.8 Å². The zero-order chi connectivity index (χ0) is 24.9. The summed E-state index contributed by atoms with van der Waals surface area (Å²) in [6, 6.07) is 5.06. The number of nitrogens with one attached hydrogen (secondary N) is 1. The molecule has 0 radical (unpaired) electrons. The van der Waals surface area contributed by atoms with E-state index in [1.807, 2.05) is 16.7 Å². The third-order valence-corrected chi connectivity index (χ3v) is 7.92. The van der Waals surface area contributed by atoms with Gasteiger partial charge in [0, 0.05) is 25.9 Å². The van der Waals surface area contributed by atoms with Gasteiger partial charge in [0.1, 0.15) is 18.0 Å². The normalized spacial score (nSPS) is 22.9. The first-order valence-electron chi connectivity index (χ1n) is 12.3. The number of unbranched alkanes of at least 4 members (excludes halogenated alkanes) is 1. The van der Waals surface area contributed by atoms with Crippen LogP contribution in [0.5, 0.6) is 0 Å². The molecule has 2 atom stereocenters. The van der Waals surface area contributed by atoms with E-state index in [2.05, 4.69) is 18.3 Å². The van der Waals surface area contributed by atoms with Crippen LogP contribution in [0.25, 0.3) is 0 Å². The molecule has 3 heterocycles. The van der Waals surface area contributed by atoms with Crippen molar-refractivity contribution in [1.29, 1.82) is 0 Å². The van der Waals surface area contributed by atoms with Crippen molar-refractivity contribution in [3.8, 4) is 0 Å². The first kappa shape index (κ1) is 25.5. The maximum Gasteiger partial charge on any atom is 0.334 e. The minimum atomic E-state index is -0.570. The number of benzene rings is 1. The molecule has 2 saturated heterocycles. The van der Waals surface area contributed by atoms with E-state index in [1.165, 1.54) is 17.0 Å². The van der Waals surface area contributed by atoms with E-state index in [4.69, 9.17) is 0 Å². The van der Waals surface area contributed by atoms with Gasteiger partial charge in [-0.1, -0.05) is 38.0 Å². The Morgan fingerprint density at radius 1 is 1.23 bits per heavy atom. The molecule has 4 rings (SSSR count). The highest BCUT2D eigenvalue weighted by atomic mass is 32.2. The molecule has 35 heavy (non-hydrogen) atoms. The number of rotatable bonds is 8. The molecule has 3 aliphatic rings. The molecule has 0 bridgehead atoms. The second kappa shape index (κ2) is 11.4. The van der Waals surface area contributed by atoms with Crippen molar-refractivity contribution in [2.24, 2.45) is 0 Å². The van der Waals surface area contributed by atoms with Gasteiger partial charge in [0.15, 0.2) is 0 Å². The summed E-state index contributed by atoms with van der Waals surface area (Å²) >= 11 is 1.83. The molecule has 1 aromatic carbocycles. The van der Waals surface area contributed by atoms with E-state index >= 15 is 0 Å². The van der Waals surface area contributed by atoms with Crippen LogP contribution in [0.2, 0.25) is 0 Å². The van der Waals surface area contributed by atoms with Gasteiger partial charge < -0.3 is 15.1 Å². The lowest BCUT2D eigenvalue weighted by Gasteiger charge is -2.54. The van der Waals surface area contributed by atoms with Crippen LogP contribution in [-0.2, 0) is 16.1 Å². The number of thioether (sulfide) groups is 1. The van der Waals surface area contributed by atoms with Gasteiger partial charge in [0.05, 0.1) is 13.1 Å². The second-order valence-corrected chi connectivity index (χ2v) is 10.4. The lowest BCUT2D eigenvalue weighted by atomic mass is 10.0. The van der Waals surface area contributed by atoms with Gasteiger partial charge in [0.25, 0.3) is 0 Å². The zero-order valence-corrected chi connectivity index (χ0v) is 21.2. The van der Waals surface area contributed by atoms with E-state index in [1.54, 1.807) is 34.1 Å². The van der Waals surface area contributed by atoms with Gasteiger partial charge in [-0.2, -0.15) is 0 Å². The number of hydrogen-bond donors (Lipinski definition) is 1. The Bertz CT molecular complexity index is 972. The van der Waals surface area contributed by atoms with E-state index < -0.39 is 12.2 Å². The fourth-order valence-corrected chi connectivity index (χ4v) is 5.90. The zero-order valence-electron chi connectivity index (χ0n) is 20.4. The third-order valence-electron chi connectivity index (χ3n) is 6.74. The van der Waals surface area contributed by atoms with Crippen LogP contribution in [0.3, 0.4) is 0 Å². The number of piperazine rings is 1. The molecule has 3 aliphatic heterocycles. The van der Waals surface area contributed by atoms with Crippen LogP contribution < -0.4 is 5.32 Å². The molecule has 0 aliphatic carbocycles. The van der Waals surface area contributed by atoms with Crippen molar-refractivity contribution < 1.29 is 18.8 Å². The molecule has 0 spiro atoms. The van der Waals surface area contributed by atoms with Crippen LogP contribution in [0.4, 0.5) is 9.18 Å². The summed E-state index contributed by atoms with van der Waals surface area (Å²) in [7, 11) is 1.72. The van der Waals surface area contributed by atoms with E-state index in [-0.39, 0.29) is 43.3 Å². The van der Waals surface area contributed by atoms with Crippen LogP contribution in [0.1, 0.15) is 44.6 Å².